The topological polar surface area (TPSA) is 103 Å². The van der Waals surface area contributed by atoms with Gasteiger partial charge in [-0.2, -0.15) is 0 Å². The van der Waals surface area contributed by atoms with Crippen molar-refractivity contribution in [1.29, 1.82) is 0 Å². The third-order valence-corrected chi connectivity index (χ3v) is 2.51. The van der Waals surface area contributed by atoms with Crippen LogP contribution >= 0.6 is 15.9 Å². The lowest BCUT2D eigenvalue weighted by Gasteiger charge is -2.28. The molecule has 1 amide bonds. The minimum Gasteiger partial charge on any atom is -0.444 e. The number of halogens is 1. The van der Waals surface area contributed by atoms with Crippen molar-refractivity contribution in [2.75, 3.05) is 19.8 Å². The maximum Gasteiger partial charge on any atom is 0.287 e. The number of carbonyl (C=O) groups excluding carboxylic acids is 1. The molecule has 1 aromatic heterocycles. The zero-order valence-corrected chi connectivity index (χ0v) is 9.90. The molecule has 0 saturated carbocycles. The maximum atomic E-state index is 11.6. The molecule has 0 fully saturated rings. The molecular formula is C9H12BrNO5. The second kappa shape index (κ2) is 5.44. The van der Waals surface area contributed by atoms with Crippen LogP contribution in [0.5, 0.6) is 0 Å². The van der Waals surface area contributed by atoms with Crippen molar-refractivity contribution in [3.05, 3.63) is 22.6 Å². The highest BCUT2D eigenvalue weighted by atomic mass is 79.9. The van der Waals surface area contributed by atoms with E-state index in [4.69, 9.17) is 19.7 Å². The van der Waals surface area contributed by atoms with Gasteiger partial charge >= 0.3 is 0 Å². The lowest BCUT2D eigenvalue weighted by atomic mass is 10.0. The minimum atomic E-state index is -1.45. The van der Waals surface area contributed by atoms with Crippen LogP contribution < -0.4 is 5.32 Å². The predicted molar refractivity (Wildman–Crippen MR) is 57.9 cm³/mol. The number of rotatable bonds is 5. The number of nitrogens with one attached hydrogen (secondary N) is 1. The first-order valence-corrected chi connectivity index (χ1v) is 5.26. The van der Waals surface area contributed by atoms with Crippen molar-refractivity contribution in [2.45, 2.75) is 5.54 Å². The van der Waals surface area contributed by atoms with Crippen LogP contribution in [0.3, 0.4) is 0 Å². The van der Waals surface area contributed by atoms with Gasteiger partial charge in [0.2, 0.25) is 0 Å². The second-order valence-electron chi connectivity index (χ2n) is 3.31. The number of hydrogen-bond donors (Lipinski definition) is 4. The molecule has 0 aliphatic rings. The molecule has 1 rings (SSSR count). The molecule has 0 unspecified atom stereocenters. The average molecular weight is 294 g/mol. The van der Waals surface area contributed by atoms with Gasteiger partial charge < -0.3 is 25.1 Å². The zero-order chi connectivity index (χ0) is 12.2. The van der Waals surface area contributed by atoms with E-state index in [9.17, 15) is 4.79 Å². The van der Waals surface area contributed by atoms with Gasteiger partial charge in [-0.3, -0.25) is 4.79 Å². The Balaban J connectivity index is 2.76. The van der Waals surface area contributed by atoms with E-state index < -0.39 is 31.3 Å². The molecule has 4 N–H and O–H groups in total. The van der Waals surface area contributed by atoms with E-state index in [1.54, 1.807) is 0 Å². The normalized spacial score (nSPS) is 11.5. The highest BCUT2D eigenvalue weighted by Crippen LogP contribution is 2.14. The van der Waals surface area contributed by atoms with Crippen molar-refractivity contribution < 1.29 is 24.5 Å². The number of aliphatic hydroxyl groups is 3. The van der Waals surface area contributed by atoms with Crippen molar-refractivity contribution >= 4 is 21.8 Å². The maximum absolute atomic E-state index is 11.6. The molecule has 7 heteroatoms. The van der Waals surface area contributed by atoms with E-state index in [1.807, 2.05) is 0 Å². The Labute approximate surface area is 100 Å². The number of carbonyl (C=O) groups is 1. The molecule has 0 aliphatic carbocycles. The van der Waals surface area contributed by atoms with Gasteiger partial charge in [-0.05, 0) is 28.1 Å². The molecule has 0 bridgehead atoms. The van der Waals surface area contributed by atoms with Crippen LogP contribution in [0.25, 0.3) is 0 Å². The molecule has 6 nitrogen and oxygen atoms in total. The van der Waals surface area contributed by atoms with Gasteiger partial charge in [-0.15, -0.1) is 0 Å². The fraction of sp³-hybridized carbons (Fsp3) is 0.444. The summed E-state index contributed by atoms with van der Waals surface area (Å²) >= 11 is 3.04. The fourth-order valence-electron chi connectivity index (χ4n) is 1.01. The van der Waals surface area contributed by atoms with Crippen LogP contribution in [-0.2, 0) is 0 Å². The van der Waals surface area contributed by atoms with Crippen LogP contribution in [0.2, 0.25) is 0 Å². The summed E-state index contributed by atoms with van der Waals surface area (Å²) in [5.74, 6) is -0.602. The summed E-state index contributed by atoms with van der Waals surface area (Å²) in [4.78, 5) is 11.6. The van der Waals surface area contributed by atoms with Crippen LogP contribution in [0.1, 0.15) is 10.6 Å². The van der Waals surface area contributed by atoms with E-state index in [0.717, 1.165) is 0 Å². The summed E-state index contributed by atoms with van der Waals surface area (Å²) < 4.78 is 5.37. The Kier molecular flexibility index (Phi) is 4.48. The molecular weight excluding hydrogens is 282 g/mol. The molecule has 0 saturated heterocycles. The van der Waals surface area contributed by atoms with Gasteiger partial charge in [0.15, 0.2) is 10.4 Å². The molecule has 0 atom stereocenters. The Hall–Kier alpha value is -0.890. The molecule has 1 heterocycles. The third-order valence-electron chi connectivity index (χ3n) is 2.08. The molecule has 0 aromatic carbocycles. The molecule has 90 valence electrons. The van der Waals surface area contributed by atoms with E-state index in [1.165, 1.54) is 12.1 Å². The van der Waals surface area contributed by atoms with Gasteiger partial charge in [0.05, 0.1) is 19.8 Å². The predicted octanol–water partition coefficient (Wildman–Crippen LogP) is -0.512. The smallest absolute Gasteiger partial charge is 0.287 e. The van der Waals surface area contributed by atoms with Crippen molar-refractivity contribution in [2.24, 2.45) is 0 Å². The first-order valence-electron chi connectivity index (χ1n) is 4.47. The van der Waals surface area contributed by atoms with E-state index in [0.29, 0.717) is 4.67 Å². The van der Waals surface area contributed by atoms with Gasteiger partial charge in [0.25, 0.3) is 5.91 Å². The molecule has 1 aromatic rings. The summed E-state index contributed by atoms with van der Waals surface area (Å²) in [5.41, 5.74) is -1.45. The average Bonchev–Trinajstić information content (AvgIpc) is 2.73. The molecule has 0 radical (unpaired) electrons. The van der Waals surface area contributed by atoms with Crippen LogP contribution in [0.15, 0.2) is 21.2 Å². The van der Waals surface area contributed by atoms with E-state index in [-0.39, 0.29) is 5.76 Å². The first-order chi connectivity index (χ1) is 7.56. The minimum absolute atomic E-state index is 0.0200. The Morgan fingerprint density at radius 1 is 1.31 bits per heavy atom. The third kappa shape index (κ3) is 2.82. The highest BCUT2D eigenvalue weighted by Gasteiger charge is 2.31. The highest BCUT2D eigenvalue weighted by molar-refractivity contribution is 9.10. The summed E-state index contributed by atoms with van der Waals surface area (Å²) in [5, 5.41) is 29.3. The first kappa shape index (κ1) is 13.2. The van der Waals surface area contributed by atoms with Gasteiger partial charge in [0, 0.05) is 0 Å². The van der Waals surface area contributed by atoms with Crippen molar-refractivity contribution in [3.8, 4) is 0 Å². The van der Waals surface area contributed by atoms with Crippen molar-refractivity contribution in [1.82, 2.24) is 5.32 Å². The van der Waals surface area contributed by atoms with Crippen LogP contribution in [0, 0.1) is 0 Å². The summed E-state index contributed by atoms with van der Waals surface area (Å²) in [7, 11) is 0. The zero-order valence-electron chi connectivity index (χ0n) is 8.31. The van der Waals surface area contributed by atoms with Crippen LogP contribution in [0.4, 0.5) is 0 Å². The standard InChI is InChI=1S/C9H12BrNO5/c10-7-2-1-6(16-7)8(15)11-9(3-12,4-13)5-14/h1-2,12-14H,3-5H2,(H,11,15). The Morgan fingerprint density at radius 2 is 1.88 bits per heavy atom. The number of furan rings is 1. The lowest BCUT2D eigenvalue weighted by Crippen LogP contribution is -2.56. The monoisotopic (exact) mass is 293 g/mol. The number of hydrogen-bond acceptors (Lipinski definition) is 5. The van der Waals surface area contributed by atoms with Crippen LogP contribution in [-0.4, -0.2) is 46.6 Å². The van der Waals surface area contributed by atoms with Gasteiger partial charge in [-0.25, -0.2) is 0 Å². The SMILES string of the molecule is O=C(NC(CO)(CO)CO)c1ccc(Br)o1. The Morgan fingerprint density at radius 3 is 2.25 bits per heavy atom. The summed E-state index contributed by atoms with van der Waals surface area (Å²) in [6.07, 6.45) is 0. The summed E-state index contributed by atoms with van der Waals surface area (Å²) in [6.45, 7) is -1.73. The molecule has 0 spiro atoms. The Bertz CT molecular complexity index is 352. The van der Waals surface area contributed by atoms with Crippen molar-refractivity contribution in [3.63, 3.8) is 0 Å². The quantitative estimate of drug-likeness (QED) is 0.585. The van der Waals surface area contributed by atoms with E-state index >= 15 is 0 Å². The van der Waals surface area contributed by atoms with Gasteiger partial charge in [-0.1, -0.05) is 0 Å². The molecule has 0 aliphatic heterocycles. The lowest BCUT2D eigenvalue weighted by molar-refractivity contribution is 0.0363. The number of aliphatic hydroxyl groups excluding tert-OH is 3. The number of amides is 1. The fourth-order valence-corrected chi connectivity index (χ4v) is 1.31. The summed E-state index contributed by atoms with van der Waals surface area (Å²) in [6, 6.07) is 2.96. The second-order valence-corrected chi connectivity index (χ2v) is 4.09. The van der Waals surface area contributed by atoms with E-state index in [2.05, 4.69) is 21.2 Å². The largest absolute Gasteiger partial charge is 0.444 e. The van der Waals surface area contributed by atoms with Gasteiger partial charge in [0.1, 0.15) is 5.54 Å². The molecule has 16 heavy (non-hydrogen) atoms.